The van der Waals surface area contributed by atoms with Crippen molar-refractivity contribution in [2.75, 3.05) is 9.80 Å². The van der Waals surface area contributed by atoms with Gasteiger partial charge in [0.25, 0.3) is 23.6 Å². The zero-order valence-corrected chi connectivity index (χ0v) is 52.7. The van der Waals surface area contributed by atoms with E-state index in [0.717, 1.165) is 115 Å². The second-order valence-corrected chi connectivity index (χ2v) is 26.4. The van der Waals surface area contributed by atoms with Crippen molar-refractivity contribution in [1.29, 1.82) is 0 Å². The van der Waals surface area contributed by atoms with Gasteiger partial charge < -0.3 is 9.47 Å². The molecule has 0 aromatic heterocycles. The summed E-state index contributed by atoms with van der Waals surface area (Å²) < 4.78 is 13.0. The van der Waals surface area contributed by atoms with Gasteiger partial charge in [0.15, 0.2) is 11.5 Å². The third-order valence-electron chi connectivity index (χ3n) is 18.5. The summed E-state index contributed by atoms with van der Waals surface area (Å²) in [6.07, 6.45) is 8.67. The molecule has 12 aromatic carbocycles. The molecule has 4 aliphatic rings. The number of nitrogens with zero attached hydrogens (tertiary/aromatic N) is 2. The lowest BCUT2D eigenvalue weighted by Gasteiger charge is -2.30. The van der Waals surface area contributed by atoms with Crippen molar-refractivity contribution in [3.63, 3.8) is 0 Å². The van der Waals surface area contributed by atoms with Crippen LogP contribution >= 0.6 is 23.5 Å². The van der Waals surface area contributed by atoms with Crippen molar-refractivity contribution >= 4 is 90.8 Å². The van der Waals surface area contributed by atoms with E-state index in [4.69, 9.17) is 9.47 Å². The number of fused-ring (bicyclic) bond motifs is 1. The number of carbonyl (C=O) groups is 4. The molecule has 94 heavy (non-hydrogen) atoms. The molecule has 8 nitrogen and oxygen atoms in total. The van der Waals surface area contributed by atoms with E-state index in [1.54, 1.807) is 23.5 Å². The van der Waals surface area contributed by atoms with Crippen molar-refractivity contribution < 1.29 is 28.7 Å². The largest absolute Gasteiger partial charge is 0.455 e. The van der Waals surface area contributed by atoms with Gasteiger partial charge in [-0.25, -0.2) is 9.80 Å². The van der Waals surface area contributed by atoms with Crippen molar-refractivity contribution in [1.82, 2.24) is 0 Å². The SMILES string of the molecule is O=C1c2cccc3c(Sc4ccccc4)c(C#Cc4ccc(C#Cc5cc6c7c(cccc7c5Sc5ccccc5)C(=O)N(c5cc(C7CCCC7)ccc5Oc5ccccc5)C6=O)c5ccccc45)cc(c23)C(=O)N1c1cc(C2CCCC2)ccc1Oc1ccccc1. The first-order chi connectivity index (χ1) is 46.3. The molecule has 2 aliphatic heterocycles. The highest BCUT2D eigenvalue weighted by Gasteiger charge is 2.40. The standard InChI is InChI=1S/C84H58N2O6S2/c87-81-69-37-19-35-67-77(69)71(83(89)85(81)73-51-57(53-21-13-14-22-53)45-47-75(73)91-61-25-5-1-6-26-61)49-59(79(67)93-63-29-9-3-10-30-63)43-41-55-39-40-56(66-34-18-17-33-65(55)66)42-44-60-50-72-78-68(80(60)94-64-31-11-4-12-32-64)36-20-38-70(78)82(88)86(84(72)90)74-52-58(54-23-15-16-24-54)46-48-76(74)92-62-27-7-2-8-28-62/h1-12,17-20,25-40,45-54H,13-16,21-24H2. The number of hydrogen-bond acceptors (Lipinski definition) is 8. The Morgan fingerprint density at radius 2 is 0.681 bits per heavy atom. The average Bonchev–Trinajstić information content (AvgIpc) is 0.815. The predicted molar refractivity (Wildman–Crippen MR) is 376 cm³/mol. The van der Waals surface area contributed by atoms with Crippen LogP contribution in [0.3, 0.4) is 0 Å². The lowest BCUT2D eigenvalue weighted by Crippen LogP contribution is -2.40. The molecule has 0 unspecified atom stereocenters. The minimum Gasteiger partial charge on any atom is -0.455 e. The van der Waals surface area contributed by atoms with Crippen LogP contribution < -0.4 is 19.3 Å². The summed E-state index contributed by atoms with van der Waals surface area (Å²) in [5, 5.41) is 4.44. The second-order valence-electron chi connectivity index (χ2n) is 24.2. The first-order valence-corrected chi connectivity index (χ1v) is 33.6. The highest BCUT2D eigenvalue weighted by Crippen LogP contribution is 2.49. The molecular formula is C84H58N2O6S2. The topological polar surface area (TPSA) is 93.2 Å². The Labute approximate surface area is 553 Å². The molecule has 4 amide bonds. The van der Waals surface area contributed by atoms with E-state index in [1.807, 2.05) is 231 Å². The molecule has 0 bridgehead atoms. The summed E-state index contributed by atoms with van der Waals surface area (Å²) in [4.78, 5) is 67.5. The Bertz CT molecular complexity index is 4890. The second kappa shape index (κ2) is 25.0. The molecule has 0 radical (unpaired) electrons. The molecule has 0 N–H and O–H groups in total. The summed E-state index contributed by atoms with van der Waals surface area (Å²) in [5.74, 6) is 15.2. The Hall–Kier alpha value is -10.9. The molecule has 0 spiro atoms. The highest BCUT2D eigenvalue weighted by atomic mass is 32.2. The molecule has 2 heterocycles. The Balaban J connectivity index is 0.805. The van der Waals surface area contributed by atoms with Crippen LogP contribution in [0.15, 0.2) is 262 Å². The van der Waals surface area contributed by atoms with Crippen LogP contribution in [0.25, 0.3) is 32.3 Å². The molecule has 0 saturated heterocycles. The average molecular weight is 1260 g/mol. The number of hydrogen-bond donors (Lipinski definition) is 0. The van der Waals surface area contributed by atoms with Gasteiger partial charge in [0, 0.05) is 63.7 Å². The minimum absolute atomic E-state index is 0.313. The van der Waals surface area contributed by atoms with E-state index < -0.39 is 23.6 Å². The Morgan fingerprint density at radius 1 is 0.330 bits per heavy atom. The summed E-state index contributed by atoms with van der Waals surface area (Å²) >= 11 is 3.10. The van der Waals surface area contributed by atoms with Gasteiger partial charge >= 0.3 is 0 Å². The quantitative estimate of drug-likeness (QED) is 0.0882. The number of imide groups is 2. The van der Waals surface area contributed by atoms with Crippen LogP contribution in [0.4, 0.5) is 11.4 Å². The van der Waals surface area contributed by atoms with Gasteiger partial charge in [-0.3, -0.25) is 19.2 Å². The number of benzene rings is 12. The molecule has 452 valence electrons. The van der Waals surface area contributed by atoms with E-state index >= 15 is 19.2 Å². The summed E-state index contributed by atoms with van der Waals surface area (Å²) in [7, 11) is 0. The predicted octanol–water partition coefficient (Wildman–Crippen LogP) is 20.7. The monoisotopic (exact) mass is 1250 g/mol. The van der Waals surface area contributed by atoms with E-state index in [1.165, 1.54) is 9.80 Å². The first kappa shape index (κ1) is 58.2. The minimum atomic E-state index is -0.452. The third-order valence-corrected chi connectivity index (χ3v) is 20.8. The number of para-hydroxylation sites is 2. The summed E-state index contributed by atoms with van der Waals surface area (Å²) in [6, 6.07) is 78.0. The summed E-state index contributed by atoms with van der Waals surface area (Å²) in [5.41, 5.74) is 7.33. The molecule has 0 atom stereocenters. The number of carbonyl (C=O) groups excluding carboxylic acids is 4. The molecule has 2 fully saturated rings. The number of ether oxygens (including phenoxy) is 2. The van der Waals surface area contributed by atoms with Gasteiger partial charge in [0.1, 0.15) is 11.5 Å². The number of amides is 4. The fourth-order valence-corrected chi connectivity index (χ4v) is 16.0. The van der Waals surface area contributed by atoms with Gasteiger partial charge in [-0.15, -0.1) is 0 Å². The van der Waals surface area contributed by atoms with Crippen molar-refractivity contribution in [3.05, 3.63) is 298 Å². The molecular weight excluding hydrogens is 1200 g/mol. The summed E-state index contributed by atoms with van der Waals surface area (Å²) in [6.45, 7) is 0. The lowest BCUT2D eigenvalue weighted by atomic mass is 9.90. The normalized spacial score (nSPS) is 14.6. The Kier molecular flexibility index (Phi) is 15.5. The van der Waals surface area contributed by atoms with E-state index in [2.05, 4.69) is 35.8 Å². The Morgan fingerprint density at radius 3 is 1.09 bits per heavy atom. The van der Waals surface area contributed by atoms with Gasteiger partial charge in [0.05, 0.1) is 22.5 Å². The van der Waals surface area contributed by atoms with Crippen LogP contribution in [0.5, 0.6) is 23.0 Å². The third kappa shape index (κ3) is 10.8. The zero-order chi connectivity index (χ0) is 63.2. The lowest BCUT2D eigenvalue weighted by molar-refractivity contribution is 0.0877. The van der Waals surface area contributed by atoms with Crippen LogP contribution in [0, 0.1) is 23.7 Å². The van der Waals surface area contributed by atoms with Crippen LogP contribution in [0.1, 0.15) is 138 Å². The smallest absolute Gasteiger partial charge is 0.266 e. The van der Waals surface area contributed by atoms with E-state index in [0.29, 0.717) is 90.4 Å². The van der Waals surface area contributed by atoms with Crippen molar-refractivity contribution in [2.24, 2.45) is 0 Å². The molecule has 2 saturated carbocycles. The van der Waals surface area contributed by atoms with Crippen molar-refractivity contribution in [2.45, 2.75) is 82.8 Å². The van der Waals surface area contributed by atoms with Crippen LogP contribution in [-0.4, -0.2) is 23.6 Å². The highest BCUT2D eigenvalue weighted by molar-refractivity contribution is 8.00. The van der Waals surface area contributed by atoms with Crippen LogP contribution in [0.2, 0.25) is 0 Å². The maximum Gasteiger partial charge on any atom is 0.266 e. The maximum atomic E-state index is 15.5. The van der Waals surface area contributed by atoms with Gasteiger partial charge in [-0.2, -0.15) is 0 Å². The molecule has 12 aromatic rings. The fourth-order valence-electron chi connectivity index (χ4n) is 14.0. The zero-order valence-electron chi connectivity index (χ0n) is 51.1. The first-order valence-electron chi connectivity index (χ1n) is 32.0. The number of anilines is 2. The van der Waals surface area contributed by atoms with E-state index in [-0.39, 0.29) is 0 Å². The fraction of sp³-hybridized carbons (Fsp3) is 0.119. The molecule has 10 heteroatoms. The number of rotatable bonds is 12. The van der Waals surface area contributed by atoms with Crippen LogP contribution in [-0.2, 0) is 0 Å². The maximum absolute atomic E-state index is 15.5. The van der Waals surface area contributed by atoms with Gasteiger partial charge in [0.2, 0.25) is 0 Å². The molecule has 2 aliphatic carbocycles. The van der Waals surface area contributed by atoms with Gasteiger partial charge in [-0.05, 0) is 179 Å². The van der Waals surface area contributed by atoms with Crippen molar-refractivity contribution in [3.8, 4) is 46.7 Å². The van der Waals surface area contributed by atoms with Gasteiger partial charge in [-0.1, -0.05) is 206 Å². The molecule has 16 rings (SSSR count). The van der Waals surface area contributed by atoms with E-state index in [9.17, 15) is 0 Å².